The maximum Gasteiger partial charge on any atom is 0.353 e. The Kier molecular flexibility index (Phi) is 6.59. The van der Waals surface area contributed by atoms with Crippen LogP contribution >= 0.6 is 23.2 Å². The number of hydrogen-bond donors (Lipinski definition) is 4. The molecule has 2 atom stereocenters. The molecule has 144 valence electrons. The maximum absolute atomic E-state index is 12.3. The van der Waals surface area contributed by atoms with Gasteiger partial charge in [0, 0.05) is 10.0 Å². The third kappa shape index (κ3) is 4.30. The van der Waals surface area contributed by atoms with Gasteiger partial charge >= 0.3 is 11.9 Å². The number of carbonyl (C=O) groups excluding carboxylic acids is 2. The first-order valence-electron chi connectivity index (χ1n) is 7.62. The molecule has 0 saturated heterocycles. The van der Waals surface area contributed by atoms with Gasteiger partial charge in [-0.2, -0.15) is 0 Å². The third-order valence-electron chi connectivity index (χ3n) is 3.96. The molecule has 2 aromatic carbocycles. The van der Waals surface area contributed by atoms with E-state index in [2.05, 4.69) is 4.74 Å². The Hall–Kier alpha value is -2.00. The van der Waals surface area contributed by atoms with Gasteiger partial charge in [-0.05, 0) is 35.4 Å². The first-order chi connectivity index (χ1) is 12.7. The molecule has 0 heterocycles. The van der Waals surface area contributed by atoms with Crippen LogP contribution in [0.15, 0.2) is 48.5 Å². The number of aliphatic hydroxyl groups is 4. The lowest BCUT2D eigenvalue weighted by atomic mass is 9.93. The van der Waals surface area contributed by atoms with Crippen LogP contribution in [0.5, 0.6) is 0 Å². The molecule has 7 nitrogen and oxygen atoms in total. The summed E-state index contributed by atoms with van der Waals surface area (Å²) in [5.41, 5.74) is -5.30. The van der Waals surface area contributed by atoms with Gasteiger partial charge in [-0.25, -0.2) is 9.59 Å². The van der Waals surface area contributed by atoms with Crippen molar-refractivity contribution in [1.29, 1.82) is 0 Å². The average Bonchev–Trinajstić information content (AvgIpc) is 2.67. The normalized spacial score (nSPS) is 15.5. The largest absolute Gasteiger partial charge is 0.392 e. The second kappa shape index (κ2) is 8.35. The third-order valence-corrected chi connectivity index (χ3v) is 4.47. The lowest BCUT2D eigenvalue weighted by Gasteiger charge is -2.27. The van der Waals surface area contributed by atoms with Crippen molar-refractivity contribution in [3.05, 3.63) is 69.7 Å². The zero-order valence-corrected chi connectivity index (χ0v) is 15.3. The highest BCUT2D eigenvalue weighted by Crippen LogP contribution is 2.28. The molecular weight excluding hydrogens is 399 g/mol. The minimum atomic E-state index is -2.57. The summed E-state index contributed by atoms with van der Waals surface area (Å²) in [7, 11) is 0. The van der Waals surface area contributed by atoms with E-state index >= 15 is 0 Å². The summed E-state index contributed by atoms with van der Waals surface area (Å²) in [5.74, 6) is -3.06. The second-order valence-electron chi connectivity index (χ2n) is 5.73. The fourth-order valence-corrected chi connectivity index (χ4v) is 2.50. The van der Waals surface area contributed by atoms with Crippen molar-refractivity contribution in [1.82, 2.24) is 0 Å². The van der Waals surface area contributed by atoms with E-state index in [9.17, 15) is 30.0 Å². The van der Waals surface area contributed by atoms with Crippen molar-refractivity contribution in [2.24, 2.45) is 0 Å². The number of halogens is 2. The lowest BCUT2D eigenvalue weighted by molar-refractivity contribution is -0.191. The van der Waals surface area contributed by atoms with Crippen molar-refractivity contribution in [2.45, 2.75) is 11.2 Å². The van der Waals surface area contributed by atoms with Crippen LogP contribution in [0.25, 0.3) is 0 Å². The van der Waals surface area contributed by atoms with Gasteiger partial charge in [-0.1, -0.05) is 47.5 Å². The van der Waals surface area contributed by atoms with Crippen LogP contribution in [0.1, 0.15) is 11.1 Å². The van der Waals surface area contributed by atoms with Gasteiger partial charge in [0.1, 0.15) is 0 Å². The molecule has 27 heavy (non-hydrogen) atoms. The van der Waals surface area contributed by atoms with E-state index in [1.54, 1.807) is 0 Å². The van der Waals surface area contributed by atoms with Crippen LogP contribution < -0.4 is 0 Å². The summed E-state index contributed by atoms with van der Waals surface area (Å²) in [6.45, 7) is -2.20. The maximum atomic E-state index is 12.3. The lowest BCUT2D eigenvalue weighted by Crippen LogP contribution is -2.47. The smallest absolute Gasteiger partial charge is 0.353 e. The topological polar surface area (TPSA) is 124 Å². The van der Waals surface area contributed by atoms with E-state index in [-0.39, 0.29) is 11.1 Å². The molecule has 0 spiro atoms. The number of ether oxygens (including phenoxy) is 1. The Morgan fingerprint density at radius 2 is 1.04 bits per heavy atom. The van der Waals surface area contributed by atoms with Crippen LogP contribution in [0.2, 0.25) is 10.0 Å². The van der Waals surface area contributed by atoms with E-state index in [0.717, 1.165) is 0 Å². The highest BCUT2D eigenvalue weighted by Gasteiger charge is 2.46. The van der Waals surface area contributed by atoms with Gasteiger partial charge in [0.25, 0.3) is 0 Å². The number of carbonyl (C=O) groups is 2. The summed E-state index contributed by atoms with van der Waals surface area (Å²) in [5, 5.41) is 40.5. The molecule has 0 bridgehead atoms. The molecule has 0 aliphatic heterocycles. The molecule has 0 radical (unpaired) electrons. The van der Waals surface area contributed by atoms with Gasteiger partial charge in [-0.15, -0.1) is 0 Å². The molecule has 0 aromatic heterocycles. The Balaban J connectivity index is 2.29. The van der Waals surface area contributed by atoms with E-state index in [1.165, 1.54) is 48.5 Å². The molecule has 0 saturated carbocycles. The van der Waals surface area contributed by atoms with Crippen LogP contribution in [0.3, 0.4) is 0 Å². The minimum absolute atomic E-state index is 0.0776. The average molecular weight is 415 g/mol. The Morgan fingerprint density at radius 3 is 1.30 bits per heavy atom. The summed E-state index contributed by atoms with van der Waals surface area (Å²) in [4.78, 5) is 24.7. The molecular formula is C18H16Cl2O7. The number of hydrogen-bond acceptors (Lipinski definition) is 7. The molecule has 0 aliphatic carbocycles. The fraction of sp³-hybridized carbons (Fsp3) is 0.222. The number of aliphatic hydroxyl groups excluding tert-OH is 2. The summed E-state index contributed by atoms with van der Waals surface area (Å²) >= 11 is 11.5. The molecule has 9 heteroatoms. The zero-order chi connectivity index (χ0) is 20.2. The first-order valence-corrected chi connectivity index (χ1v) is 8.38. The van der Waals surface area contributed by atoms with Crippen molar-refractivity contribution in [3.63, 3.8) is 0 Å². The summed E-state index contributed by atoms with van der Waals surface area (Å²) in [6, 6.07) is 10.5. The Bertz CT molecular complexity index is 753. The van der Waals surface area contributed by atoms with Crippen molar-refractivity contribution < 1.29 is 34.8 Å². The first kappa shape index (κ1) is 21.3. The van der Waals surface area contributed by atoms with Crippen LogP contribution in [-0.2, 0) is 25.5 Å². The fourth-order valence-electron chi connectivity index (χ4n) is 2.25. The molecule has 2 unspecified atom stereocenters. The van der Waals surface area contributed by atoms with Crippen molar-refractivity contribution >= 4 is 35.1 Å². The Morgan fingerprint density at radius 1 is 0.741 bits per heavy atom. The van der Waals surface area contributed by atoms with E-state index in [0.29, 0.717) is 10.0 Å². The molecule has 0 fully saturated rings. The van der Waals surface area contributed by atoms with E-state index in [1.807, 2.05) is 0 Å². The van der Waals surface area contributed by atoms with Crippen molar-refractivity contribution in [3.8, 4) is 0 Å². The SMILES string of the molecule is O=C(OC(=O)C(O)(CO)c1ccc(Cl)cc1)C(O)(CO)c1ccc(Cl)cc1. The molecule has 0 aliphatic rings. The van der Waals surface area contributed by atoms with Gasteiger partial charge < -0.3 is 25.2 Å². The zero-order valence-electron chi connectivity index (χ0n) is 13.8. The summed E-state index contributed by atoms with van der Waals surface area (Å²) < 4.78 is 4.57. The quantitative estimate of drug-likeness (QED) is 0.412. The predicted molar refractivity (Wildman–Crippen MR) is 96.0 cm³/mol. The van der Waals surface area contributed by atoms with E-state index < -0.39 is 36.4 Å². The Labute approximate surface area is 164 Å². The standard InChI is InChI=1S/C18H16Cl2O7/c19-13-5-1-11(2-6-13)17(25,9-21)15(23)27-16(24)18(26,10-22)12-3-7-14(20)8-4-12/h1-8,21-22,25-26H,9-10H2. The van der Waals surface area contributed by atoms with Gasteiger partial charge in [-0.3, -0.25) is 0 Å². The number of benzene rings is 2. The molecule has 2 aromatic rings. The number of rotatable bonds is 6. The minimum Gasteiger partial charge on any atom is -0.392 e. The highest BCUT2D eigenvalue weighted by molar-refractivity contribution is 6.30. The van der Waals surface area contributed by atoms with E-state index in [4.69, 9.17) is 23.2 Å². The van der Waals surface area contributed by atoms with Gasteiger partial charge in [0.2, 0.25) is 11.2 Å². The predicted octanol–water partition coefficient (Wildman–Crippen LogP) is 1.12. The molecule has 0 amide bonds. The molecule has 2 rings (SSSR count). The highest BCUT2D eigenvalue weighted by atomic mass is 35.5. The van der Waals surface area contributed by atoms with Crippen LogP contribution in [0.4, 0.5) is 0 Å². The summed E-state index contributed by atoms with van der Waals surface area (Å²) in [6.07, 6.45) is 0. The van der Waals surface area contributed by atoms with Crippen molar-refractivity contribution in [2.75, 3.05) is 13.2 Å². The van der Waals surface area contributed by atoms with Crippen LogP contribution in [0, 0.1) is 0 Å². The molecule has 4 N–H and O–H groups in total. The number of esters is 2. The second-order valence-corrected chi connectivity index (χ2v) is 6.60. The van der Waals surface area contributed by atoms with Gasteiger partial charge in [0.05, 0.1) is 13.2 Å². The monoisotopic (exact) mass is 414 g/mol. The van der Waals surface area contributed by atoms with Gasteiger partial charge in [0.15, 0.2) is 0 Å². The van der Waals surface area contributed by atoms with Crippen LogP contribution in [-0.4, -0.2) is 45.6 Å².